The molecule has 3 aliphatic rings. The van der Waals surface area contributed by atoms with E-state index in [4.69, 9.17) is 15.2 Å². The number of Topliss-reactive ketones (excluding diaryl/α,β-unsaturated/α-hetero) is 2. The van der Waals surface area contributed by atoms with Gasteiger partial charge in [0.15, 0.2) is 11.4 Å². The number of aryl methyl sites for hydroxylation is 1. The normalized spacial score (nSPS) is 28.5. The predicted octanol–water partition coefficient (Wildman–Crippen LogP) is 4.23. The topological polar surface area (TPSA) is 144 Å². The highest BCUT2D eigenvalue weighted by Crippen LogP contribution is 2.59. The van der Waals surface area contributed by atoms with E-state index in [9.17, 15) is 19.5 Å². The monoisotopic (exact) mass is 589 g/mol. The molecule has 2 aromatic rings. The molecule has 2 aliphatic carbocycles. The number of nitrogens with two attached hydrogens (primary N) is 1. The van der Waals surface area contributed by atoms with E-state index in [1.54, 1.807) is 36.5 Å². The number of pyridine rings is 1. The number of hydrogen-bond acceptors (Lipinski definition) is 9. The molecule has 9 heteroatoms. The first kappa shape index (κ1) is 31.0. The Balaban J connectivity index is 1.41. The predicted molar refractivity (Wildman–Crippen MR) is 163 cm³/mol. The van der Waals surface area contributed by atoms with E-state index in [1.807, 2.05) is 13.0 Å². The van der Waals surface area contributed by atoms with Gasteiger partial charge in [-0.05, 0) is 74.8 Å². The van der Waals surface area contributed by atoms with Crippen LogP contribution in [0.25, 0.3) is 0 Å². The summed E-state index contributed by atoms with van der Waals surface area (Å²) >= 11 is 0. The van der Waals surface area contributed by atoms with Gasteiger partial charge in [-0.1, -0.05) is 50.1 Å². The van der Waals surface area contributed by atoms with E-state index >= 15 is 0 Å². The molecular formula is C34H43N3O6. The zero-order chi connectivity index (χ0) is 30.8. The molecule has 4 N–H and O–H groups in total. The summed E-state index contributed by atoms with van der Waals surface area (Å²) in [5.41, 5.74) is 4.79. The minimum absolute atomic E-state index is 0.0802. The first-order chi connectivity index (χ1) is 20.7. The highest BCUT2D eigenvalue weighted by atomic mass is 16.7. The third kappa shape index (κ3) is 5.66. The van der Waals surface area contributed by atoms with Crippen molar-refractivity contribution in [3.8, 4) is 0 Å². The molecular weight excluding hydrogens is 546 g/mol. The molecule has 1 aromatic heterocycles. The van der Waals surface area contributed by atoms with Gasteiger partial charge in [0.05, 0.1) is 13.2 Å². The van der Waals surface area contributed by atoms with Crippen LogP contribution in [0, 0.1) is 11.8 Å². The molecule has 1 saturated carbocycles. The molecule has 1 aromatic carbocycles. The highest BCUT2D eigenvalue weighted by Gasteiger charge is 2.85. The Morgan fingerprint density at radius 2 is 1.91 bits per heavy atom. The summed E-state index contributed by atoms with van der Waals surface area (Å²) in [6.45, 7) is 6.74. The number of benzene rings is 1. The fourth-order valence-electron chi connectivity index (χ4n) is 7.03. The van der Waals surface area contributed by atoms with Gasteiger partial charge >= 0.3 is 5.97 Å². The summed E-state index contributed by atoms with van der Waals surface area (Å²) in [6, 6.07) is 10.4. The standard InChI is InChI=1S/C34H43N3O6/c1-4-22-12-13-28(36-5-2)24(16-22)20-42-32(41)34-31(40)27-9-7-6-8-26(27)30(39)33(34,43-34)18-25(19-38)21(3)10-11-23-14-15-37-29(35)17-23/h6-9,14-15,17,22,24,28,36,38H,4-5,10-13,16,18-20H2,1-3H3,(H2,35,37). The Morgan fingerprint density at radius 3 is 2.58 bits per heavy atom. The molecule has 1 aliphatic heterocycles. The van der Waals surface area contributed by atoms with Crippen LogP contribution < -0.4 is 11.1 Å². The van der Waals surface area contributed by atoms with Crippen LogP contribution >= 0.6 is 0 Å². The van der Waals surface area contributed by atoms with Gasteiger partial charge in [0.2, 0.25) is 5.78 Å². The fraction of sp³-hybridized carbons (Fsp3) is 0.529. The summed E-state index contributed by atoms with van der Waals surface area (Å²) in [5.74, 6) is -0.734. The molecule has 5 atom stereocenters. The maximum absolute atomic E-state index is 14.0. The summed E-state index contributed by atoms with van der Waals surface area (Å²) in [4.78, 5) is 46.0. The molecule has 0 radical (unpaired) electrons. The number of nitrogen functional groups attached to an aromatic ring is 1. The maximum Gasteiger partial charge on any atom is 0.350 e. The molecule has 43 heavy (non-hydrogen) atoms. The van der Waals surface area contributed by atoms with Crippen molar-refractivity contribution >= 4 is 23.4 Å². The summed E-state index contributed by atoms with van der Waals surface area (Å²) in [5, 5.41) is 13.9. The average molecular weight is 590 g/mol. The van der Waals surface area contributed by atoms with Crippen molar-refractivity contribution in [1.29, 1.82) is 0 Å². The zero-order valence-electron chi connectivity index (χ0n) is 25.4. The van der Waals surface area contributed by atoms with Crippen molar-refractivity contribution in [2.75, 3.05) is 25.5 Å². The lowest BCUT2D eigenvalue weighted by atomic mass is 9.71. The second-order valence-electron chi connectivity index (χ2n) is 12.2. The molecule has 2 fully saturated rings. The van der Waals surface area contributed by atoms with E-state index in [0.29, 0.717) is 30.2 Å². The van der Waals surface area contributed by atoms with Crippen molar-refractivity contribution in [3.05, 3.63) is 70.4 Å². The number of esters is 1. The highest BCUT2D eigenvalue weighted by molar-refractivity contribution is 6.32. The smallest absolute Gasteiger partial charge is 0.350 e. The third-order valence-electron chi connectivity index (χ3n) is 9.70. The lowest BCUT2D eigenvalue weighted by molar-refractivity contribution is -0.150. The van der Waals surface area contributed by atoms with E-state index in [1.165, 1.54) is 0 Å². The molecule has 2 heterocycles. The second kappa shape index (κ2) is 12.7. The van der Waals surface area contributed by atoms with Crippen LogP contribution in [-0.2, 0) is 20.7 Å². The lowest BCUT2D eigenvalue weighted by Gasteiger charge is -2.36. The van der Waals surface area contributed by atoms with E-state index in [2.05, 4.69) is 24.1 Å². The largest absolute Gasteiger partial charge is 0.463 e. The van der Waals surface area contributed by atoms with Crippen LogP contribution in [0.2, 0.25) is 0 Å². The number of nitrogens with one attached hydrogen (secondary N) is 1. The number of nitrogens with zero attached hydrogens (tertiary/aromatic N) is 1. The molecule has 5 unspecified atom stereocenters. The Hall–Kier alpha value is -3.40. The summed E-state index contributed by atoms with van der Waals surface area (Å²) < 4.78 is 12.0. The van der Waals surface area contributed by atoms with Gasteiger partial charge in [0.25, 0.3) is 5.60 Å². The second-order valence-corrected chi connectivity index (χ2v) is 12.2. The number of aromatic nitrogens is 1. The lowest BCUT2D eigenvalue weighted by Crippen LogP contribution is -2.51. The number of fused-ring (bicyclic) bond motifs is 2. The number of carbonyl (C=O) groups is 3. The SMILES string of the molecule is CCNC1CCC(CC)CC1COC(=O)C12OC1(CC(CO)=C(C)CCc1ccnc(N)c1)C(=O)c1ccccc1C2=O. The van der Waals surface area contributed by atoms with Gasteiger partial charge in [-0.15, -0.1) is 0 Å². The number of epoxide rings is 1. The van der Waals surface area contributed by atoms with Crippen molar-refractivity contribution < 1.29 is 29.0 Å². The van der Waals surface area contributed by atoms with Crippen LogP contribution in [0.15, 0.2) is 53.7 Å². The molecule has 1 saturated heterocycles. The molecule has 9 nitrogen and oxygen atoms in total. The third-order valence-corrected chi connectivity index (χ3v) is 9.70. The number of aliphatic hydroxyl groups is 1. The quantitative estimate of drug-likeness (QED) is 0.143. The number of rotatable bonds is 12. The van der Waals surface area contributed by atoms with Crippen molar-refractivity contribution in [1.82, 2.24) is 10.3 Å². The summed E-state index contributed by atoms with van der Waals surface area (Å²) in [7, 11) is 0. The Kier molecular flexibility index (Phi) is 9.15. The molecule has 5 rings (SSSR count). The van der Waals surface area contributed by atoms with Gasteiger partial charge in [0, 0.05) is 35.7 Å². The summed E-state index contributed by atoms with van der Waals surface area (Å²) in [6.07, 6.45) is 6.91. The minimum Gasteiger partial charge on any atom is -0.463 e. The van der Waals surface area contributed by atoms with E-state index in [0.717, 1.165) is 43.4 Å². The van der Waals surface area contributed by atoms with Crippen LogP contribution in [0.3, 0.4) is 0 Å². The number of ether oxygens (including phenoxy) is 2. The minimum atomic E-state index is -2.06. The van der Waals surface area contributed by atoms with Gasteiger partial charge in [-0.3, -0.25) is 9.59 Å². The molecule has 0 amide bonds. The fourth-order valence-corrected chi connectivity index (χ4v) is 7.03. The Morgan fingerprint density at radius 1 is 1.16 bits per heavy atom. The van der Waals surface area contributed by atoms with Crippen LogP contribution in [0.1, 0.15) is 85.6 Å². The van der Waals surface area contributed by atoms with Gasteiger partial charge < -0.3 is 25.6 Å². The molecule has 230 valence electrons. The molecule has 0 bridgehead atoms. The first-order valence-corrected chi connectivity index (χ1v) is 15.5. The van der Waals surface area contributed by atoms with Gasteiger partial charge in [0.1, 0.15) is 5.82 Å². The Bertz CT molecular complexity index is 1420. The number of aliphatic hydroxyl groups excluding tert-OH is 1. The number of allylic oxidation sites excluding steroid dienone is 1. The molecule has 0 spiro atoms. The van der Waals surface area contributed by atoms with Gasteiger partial charge in [-0.25, -0.2) is 9.78 Å². The average Bonchev–Trinajstić information content (AvgIpc) is 3.72. The first-order valence-electron chi connectivity index (χ1n) is 15.5. The van der Waals surface area contributed by atoms with Crippen LogP contribution in [0.4, 0.5) is 5.82 Å². The van der Waals surface area contributed by atoms with Crippen molar-refractivity contribution in [2.45, 2.75) is 83.0 Å². The van der Waals surface area contributed by atoms with E-state index < -0.39 is 28.7 Å². The zero-order valence-corrected chi connectivity index (χ0v) is 25.4. The number of anilines is 1. The van der Waals surface area contributed by atoms with Crippen molar-refractivity contribution in [3.63, 3.8) is 0 Å². The van der Waals surface area contributed by atoms with Gasteiger partial charge in [-0.2, -0.15) is 0 Å². The number of hydrogen-bond donors (Lipinski definition) is 3. The van der Waals surface area contributed by atoms with E-state index in [-0.39, 0.29) is 42.7 Å². The number of ketones is 2. The van der Waals surface area contributed by atoms with Crippen LogP contribution in [-0.4, -0.2) is 64.6 Å². The number of carbonyl (C=O) groups excluding carboxylic acids is 3. The maximum atomic E-state index is 14.0. The Labute approximate surface area is 253 Å². The van der Waals surface area contributed by atoms with Crippen molar-refractivity contribution in [2.24, 2.45) is 11.8 Å². The van der Waals surface area contributed by atoms with Crippen LogP contribution in [0.5, 0.6) is 0 Å².